The molecule has 1 amide bonds. The standard InChI is InChI=1S/C12H11Br2N5O2/c1-2-21-7-5-3-4-6(16-7)12(20)19-11-9(14)17-8(13)10(15)18-11/h3-5H,2H2,1H3,(H3,15,18,19,20). The highest BCUT2D eigenvalue weighted by Gasteiger charge is 2.14. The molecule has 0 saturated heterocycles. The highest BCUT2D eigenvalue weighted by atomic mass is 79.9. The number of carbonyl (C=O) groups is 1. The Morgan fingerprint density at radius 2 is 2.05 bits per heavy atom. The highest BCUT2D eigenvalue weighted by Crippen LogP contribution is 2.24. The van der Waals surface area contributed by atoms with E-state index in [1.807, 2.05) is 6.92 Å². The highest BCUT2D eigenvalue weighted by molar-refractivity contribution is 9.11. The summed E-state index contributed by atoms with van der Waals surface area (Å²) < 4.78 is 6.00. The molecule has 2 aromatic heterocycles. The first-order valence-corrected chi connectivity index (χ1v) is 7.49. The number of nitrogens with two attached hydrogens (primary N) is 1. The molecule has 110 valence electrons. The zero-order valence-electron chi connectivity index (χ0n) is 10.9. The molecule has 0 aliphatic carbocycles. The lowest BCUT2D eigenvalue weighted by molar-refractivity contribution is 0.102. The van der Waals surface area contributed by atoms with E-state index in [4.69, 9.17) is 10.5 Å². The van der Waals surface area contributed by atoms with E-state index in [9.17, 15) is 4.79 Å². The van der Waals surface area contributed by atoms with Gasteiger partial charge in [0.25, 0.3) is 5.91 Å². The smallest absolute Gasteiger partial charge is 0.275 e. The fourth-order valence-electron chi connectivity index (χ4n) is 1.43. The monoisotopic (exact) mass is 415 g/mol. The van der Waals surface area contributed by atoms with Gasteiger partial charge in [-0.3, -0.25) is 4.79 Å². The van der Waals surface area contributed by atoms with Gasteiger partial charge in [-0.05, 0) is 44.8 Å². The summed E-state index contributed by atoms with van der Waals surface area (Å²) >= 11 is 6.35. The average Bonchev–Trinajstić information content (AvgIpc) is 2.45. The van der Waals surface area contributed by atoms with Crippen molar-refractivity contribution in [3.8, 4) is 5.88 Å². The number of amides is 1. The number of nitrogens with one attached hydrogen (secondary N) is 1. The number of carbonyl (C=O) groups excluding carboxylic acids is 1. The predicted octanol–water partition coefficient (Wildman–Crippen LogP) is 2.63. The Hall–Kier alpha value is -1.74. The van der Waals surface area contributed by atoms with E-state index in [1.54, 1.807) is 18.2 Å². The summed E-state index contributed by atoms with van der Waals surface area (Å²) in [4.78, 5) is 24.3. The van der Waals surface area contributed by atoms with Crippen molar-refractivity contribution in [3.05, 3.63) is 33.1 Å². The second-order valence-corrected chi connectivity index (χ2v) is 5.29. The molecule has 0 saturated carbocycles. The van der Waals surface area contributed by atoms with Gasteiger partial charge in [0, 0.05) is 6.07 Å². The quantitative estimate of drug-likeness (QED) is 0.793. The van der Waals surface area contributed by atoms with Crippen LogP contribution in [0.25, 0.3) is 0 Å². The number of hydrogen-bond donors (Lipinski definition) is 2. The maximum atomic E-state index is 12.1. The van der Waals surface area contributed by atoms with E-state index in [2.05, 4.69) is 52.1 Å². The Bertz CT molecular complexity index is 681. The summed E-state index contributed by atoms with van der Waals surface area (Å²) in [5, 5.41) is 2.59. The van der Waals surface area contributed by atoms with Crippen LogP contribution in [-0.4, -0.2) is 27.5 Å². The van der Waals surface area contributed by atoms with Crippen LogP contribution in [0.4, 0.5) is 11.6 Å². The van der Waals surface area contributed by atoms with Crippen LogP contribution >= 0.6 is 31.9 Å². The number of nitrogens with zero attached hydrogens (tertiary/aromatic N) is 3. The Labute approximate surface area is 137 Å². The summed E-state index contributed by atoms with van der Waals surface area (Å²) in [5.41, 5.74) is 5.84. The van der Waals surface area contributed by atoms with Gasteiger partial charge < -0.3 is 15.8 Å². The topological polar surface area (TPSA) is 103 Å². The summed E-state index contributed by atoms with van der Waals surface area (Å²) in [6.45, 7) is 2.31. The minimum Gasteiger partial charge on any atom is -0.478 e. The lowest BCUT2D eigenvalue weighted by Crippen LogP contribution is -2.16. The Morgan fingerprint density at radius 3 is 2.76 bits per heavy atom. The molecule has 0 aliphatic rings. The minimum atomic E-state index is -0.437. The van der Waals surface area contributed by atoms with Crippen molar-refractivity contribution in [3.63, 3.8) is 0 Å². The lowest BCUT2D eigenvalue weighted by atomic mass is 10.3. The van der Waals surface area contributed by atoms with Gasteiger partial charge in [0.15, 0.2) is 11.6 Å². The first-order valence-electron chi connectivity index (χ1n) is 5.91. The number of anilines is 2. The van der Waals surface area contributed by atoms with E-state index >= 15 is 0 Å². The van der Waals surface area contributed by atoms with Crippen molar-refractivity contribution < 1.29 is 9.53 Å². The van der Waals surface area contributed by atoms with Crippen LogP contribution in [0.1, 0.15) is 17.4 Å². The molecule has 0 aliphatic heterocycles. The fourth-order valence-corrected chi connectivity index (χ4v) is 2.30. The predicted molar refractivity (Wildman–Crippen MR) is 85.2 cm³/mol. The zero-order valence-corrected chi connectivity index (χ0v) is 14.1. The summed E-state index contributed by atoms with van der Waals surface area (Å²) in [6.07, 6.45) is 0. The number of ether oxygens (including phenoxy) is 1. The van der Waals surface area contributed by atoms with Crippen LogP contribution in [0.2, 0.25) is 0 Å². The molecule has 7 nitrogen and oxygen atoms in total. The first kappa shape index (κ1) is 15.6. The van der Waals surface area contributed by atoms with Gasteiger partial charge in [0.05, 0.1) is 6.61 Å². The number of pyridine rings is 1. The van der Waals surface area contributed by atoms with Gasteiger partial charge in [-0.25, -0.2) is 15.0 Å². The number of halogens is 2. The van der Waals surface area contributed by atoms with Gasteiger partial charge in [-0.1, -0.05) is 6.07 Å². The molecule has 0 spiro atoms. The Balaban J connectivity index is 2.22. The van der Waals surface area contributed by atoms with Crippen molar-refractivity contribution in [2.75, 3.05) is 17.7 Å². The molecule has 0 unspecified atom stereocenters. The van der Waals surface area contributed by atoms with Crippen LogP contribution in [0, 0.1) is 0 Å². The number of rotatable bonds is 4. The lowest BCUT2D eigenvalue weighted by Gasteiger charge is -2.08. The summed E-state index contributed by atoms with van der Waals surface area (Å²) in [5.74, 6) is 0.327. The SMILES string of the molecule is CCOc1cccc(C(=O)Nc2nc(N)c(Br)nc2Br)n1. The molecular weight excluding hydrogens is 406 g/mol. The molecule has 0 fully saturated rings. The first-order chi connectivity index (χ1) is 10.0. The summed E-state index contributed by atoms with van der Waals surface area (Å²) in [6, 6.07) is 4.93. The van der Waals surface area contributed by atoms with E-state index in [0.29, 0.717) is 21.7 Å². The molecular formula is C12H11Br2N5O2. The Kier molecular flexibility index (Phi) is 5.07. The average molecular weight is 417 g/mol. The molecule has 0 bridgehead atoms. The third-order valence-electron chi connectivity index (χ3n) is 2.32. The molecule has 21 heavy (non-hydrogen) atoms. The largest absolute Gasteiger partial charge is 0.478 e. The molecule has 9 heteroatoms. The van der Waals surface area contributed by atoms with Crippen LogP contribution < -0.4 is 15.8 Å². The van der Waals surface area contributed by atoms with Crippen molar-refractivity contribution >= 4 is 49.4 Å². The van der Waals surface area contributed by atoms with E-state index < -0.39 is 5.91 Å². The van der Waals surface area contributed by atoms with Crippen LogP contribution in [0.5, 0.6) is 5.88 Å². The van der Waals surface area contributed by atoms with E-state index in [1.165, 1.54) is 0 Å². The maximum absolute atomic E-state index is 12.1. The molecule has 0 aromatic carbocycles. The van der Waals surface area contributed by atoms with E-state index in [0.717, 1.165) is 0 Å². The number of aromatic nitrogens is 3. The molecule has 0 atom stereocenters. The third kappa shape index (κ3) is 3.88. The van der Waals surface area contributed by atoms with Gasteiger partial charge in [0.2, 0.25) is 5.88 Å². The van der Waals surface area contributed by atoms with E-state index in [-0.39, 0.29) is 17.3 Å². The zero-order chi connectivity index (χ0) is 15.4. The van der Waals surface area contributed by atoms with Crippen molar-refractivity contribution in [1.29, 1.82) is 0 Å². The number of hydrogen-bond acceptors (Lipinski definition) is 6. The minimum absolute atomic E-state index is 0.171. The molecule has 2 rings (SSSR count). The maximum Gasteiger partial charge on any atom is 0.275 e. The normalized spacial score (nSPS) is 10.2. The van der Waals surface area contributed by atoms with Gasteiger partial charge in [0.1, 0.15) is 14.9 Å². The van der Waals surface area contributed by atoms with Crippen LogP contribution in [0.15, 0.2) is 27.4 Å². The number of nitrogen functional groups attached to an aromatic ring is 1. The fraction of sp³-hybridized carbons (Fsp3) is 0.167. The van der Waals surface area contributed by atoms with Crippen molar-refractivity contribution in [2.24, 2.45) is 0 Å². The van der Waals surface area contributed by atoms with Crippen LogP contribution in [-0.2, 0) is 0 Å². The van der Waals surface area contributed by atoms with Crippen molar-refractivity contribution in [2.45, 2.75) is 6.92 Å². The van der Waals surface area contributed by atoms with Gasteiger partial charge >= 0.3 is 0 Å². The second-order valence-electron chi connectivity index (χ2n) is 3.79. The Morgan fingerprint density at radius 1 is 1.29 bits per heavy atom. The molecule has 3 N–H and O–H groups in total. The van der Waals surface area contributed by atoms with Gasteiger partial charge in [-0.2, -0.15) is 0 Å². The second kappa shape index (κ2) is 6.81. The summed E-state index contributed by atoms with van der Waals surface area (Å²) in [7, 11) is 0. The van der Waals surface area contributed by atoms with Crippen LogP contribution in [0.3, 0.4) is 0 Å². The molecule has 0 radical (unpaired) electrons. The molecule has 2 heterocycles. The molecule has 2 aromatic rings. The third-order valence-corrected chi connectivity index (χ3v) is 3.45. The van der Waals surface area contributed by atoms with Gasteiger partial charge in [-0.15, -0.1) is 0 Å². The van der Waals surface area contributed by atoms with Crippen molar-refractivity contribution in [1.82, 2.24) is 15.0 Å².